The number of nitrogens with zero attached hydrogens (tertiary/aromatic N) is 4. The maximum Gasteiger partial charge on any atom is 0.322 e. The summed E-state index contributed by atoms with van der Waals surface area (Å²) in [4.78, 5) is 19.1. The first-order valence-electron chi connectivity index (χ1n) is 11.7. The lowest BCUT2D eigenvalue weighted by Gasteiger charge is -2.31. The first kappa shape index (κ1) is 22.8. The largest absolute Gasteiger partial charge is 0.331 e. The summed E-state index contributed by atoms with van der Waals surface area (Å²) in [5.74, 6) is 0. The highest BCUT2D eigenvalue weighted by Crippen LogP contribution is 2.34. The molecule has 1 aliphatic carbocycles. The molecule has 1 N–H and O–H groups in total. The van der Waals surface area contributed by atoms with Crippen molar-refractivity contribution < 1.29 is 13.2 Å². The summed E-state index contributed by atoms with van der Waals surface area (Å²) in [5.41, 5.74) is 2.82. The molecule has 0 radical (unpaired) electrons. The lowest BCUT2D eigenvalue weighted by atomic mass is 9.95. The molecule has 2 aliphatic rings. The summed E-state index contributed by atoms with van der Waals surface area (Å²) in [6.07, 6.45) is 14.0. The topological polar surface area (TPSA) is 97.2 Å². The molecule has 0 aromatic carbocycles. The Morgan fingerprint density at radius 3 is 2.75 bits per heavy atom. The summed E-state index contributed by atoms with van der Waals surface area (Å²) >= 11 is 0. The van der Waals surface area contributed by atoms with Crippen molar-refractivity contribution in [2.45, 2.75) is 81.8 Å². The summed E-state index contributed by atoms with van der Waals surface area (Å²) in [6.45, 7) is 2.70. The predicted molar refractivity (Wildman–Crippen MR) is 124 cm³/mol. The number of pyridine rings is 1. The van der Waals surface area contributed by atoms with Crippen molar-refractivity contribution in [3.05, 3.63) is 35.8 Å². The highest BCUT2D eigenvalue weighted by molar-refractivity contribution is 7.90. The van der Waals surface area contributed by atoms with E-state index in [0.29, 0.717) is 19.0 Å². The fourth-order valence-electron chi connectivity index (χ4n) is 4.90. The van der Waals surface area contributed by atoms with Gasteiger partial charge in [0, 0.05) is 19.0 Å². The van der Waals surface area contributed by atoms with Crippen LogP contribution in [0.5, 0.6) is 0 Å². The Morgan fingerprint density at radius 1 is 1.25 bits per heavy atom. The molecule has 1 saturated carbocycles. The Labute approximate surface area is 190 Å². The molecule has 9 heteroatoms. The third-order valence-electron chi connectivity index (χ3n) is 6.54. The first-order valence-corrected chi connectivity index (χ1v) is 13.6. The smallest absolute Gasteiger partial charge is 0.322 e. The molecule has 2 amide bonds. The Balaban J connectivity index is 1.55. The number of rotatable bonds is 6. The normalized spacial score (nSPS) is 18.2. The number of fused-ring (bicyclic) bond motifs is 1. The molecule has 0 bridgehead atoms. The zero-order chi connectivity index (χ0) is 22.7. The number of hydrogen-bond acceptors (Lipinski definition) is 5. The van der Waals surface area contributed by atoms with Gasteiger partial charge in [0.1, 0.15) is 0 Å². The van der Waals surface area contributed by atoms with Gasteiger partial charge in [-0.25, -0.2) is 18.2 Å². The van der Waals surface area contributed by atoms with Crippen LogP contribution in [0.25, 0.3) is 0 Å². The third-order valence-corrected chi connectivity index (χ3v) is 7.53. The number of urea groups is 1. The van der Waals surface area contributed by atoms with Crippen molar-refractivity contribution in [2.75, 3.05) is 17.7 Å². The van der Waals surface area contributed by atoms with Crippen LogP contribution < -0.4 is 10.2 Å². The van der Waals surface area contributed by atoms with E-state index in [0.717, 1.165) is 55.3 Å². The Kier molecular flexibility index (Phi) is 6.83. The molecule has 8 nitrogen and oxygen atoms in total. The molecule has 1 aliphatic heterocycles. The van der Waals surface area contributed by atoms with Gasteiger partial charge < -0.3 is 5.32 Å². The highest BCUT2D eigenvalue weighted by atomic mass is 32.2. The second-order valence-electron chi connectivity index (χ2n) is 8.96. The van der Waals surface area contributed by atoms with Crippen LogP contribution in [-0.2, 0) is 16.3 Å². The molecule has 1 unspecified atom stereocenters. The van der Waals surface area contributed by atoms with Crippen molar-refractivity contribution >= 4 is 21.6 Å². The molecule has 4 rings (SSSR count). The quantitative estimate of drug-likeness (QED) is 0.699. The number of sulfone groups is 1. The van der Waals surface area contributed by atoms with E-state index in [9.17, 15) is 13.2 Å². The second kappa shape index (κ2) is 9.60. The van der Waals surface area contributed by atoms with Gasteiger partial charge in [-0.15, -0.1) is 0 Å². The molecular formula is C23H33N5O3S. The van der Waals surface area contributed by atoms with Gasteiger partial charge in [-0.3, -0.25) is 9.58 Å². The van der Waals surface area contributed by atoms with Gasteiger partial charge in [0.15, 0.2) is 14.9 Å². The Bertz CT molecular complexity index is 1060. The Morgan fingerprint density at radius 2 is 2.03 bits per heavy atom. The van der Waals surface area contributed by atoms with E-state index in [-0.39, 0.29) is 17.1 Å². The maximum absolute atomic E-state index is 13.3. The third kappa shape index (κ3) is 4.82. The van der Waals surface area contributed by atoms with Crippen LogP contribution in [0.1, 0.15) is 81.6 Å². The number of nitrogens with one attached hydrogen (secondary N) is 1. The van der Waals surface area contributed by atoms with E-state index in [1.807, 2.05) is 13.1 Å². The van der Waals surface area contributed by atoms with Crippen LogP contribution in [0, 0.1) is 0 Å². The van der Waals surface area contributed by atoms with E-state index in [1.165, 1.54) is 25.5 Å². The molecule has 0 saturated heterocycles. The number of hydrogen-bond donors (Lipinski definition) is 1. The molecule has 1 fully saturated rings. The number of carbonyl (C=O) groups is 1. The number of aromatic nitrogens is 3. The van der Waals surface area contributed by atoms with Gasteiger partial charge in [-0.05, 0) is 49.8 Å². The molecule has 3 heterocycles. The minimum absolute atomic E-state index is 0.0272. The summed E-state index contributed by atoms with van der Waals surface area (Å²) in [6, 6.07) is 3.34. The molecule has 32 heavy (non-hydrogen) atoms. The highest BCUT2D eigenvalue weighted by Gasteiger charge is 2.30. The summed E-state index contributed by atoms with van der Waals surface area (Å²) < 4.78 is 26.0. The number of carbonyl (C=O) groups excluding carboxylic acids is 1. The van der Waals surface area contributed by atoms with Gasteiger partial charge in [0.05, 0.1) is 29.7 Å². The van der Waals surface area contributed by atoms with Crippen LogP contribution >= 0.6 is 0 Å². The first-order chi connectivity index (χ1) is 15.4. The number of anilines is 1. The van der Waals surface area contributed by atoms with E-state index in [1.54, 1.807) is 17.0 Å². The van der Waals surface area contributed by atoms with E-state index < -0.39 is 9.84 Å². The average molecular weight is 460 g/mol. The number of amides is 2. The minimum atomic E-state index is -3.42. The monoisotopic (exact) mass is 459 g/mol. The van der Waals surface area contributed by atoms with Crippen LogP contribution in [0.2, 0.25) is 0 Å². The molecule has 174 valence electrons. The minimum Gasteiger partial charge on any atom is -0.331 e. The van der Waals surface area contributed by atoms with Gasteiger partial charge in [-0.2, -0.15) is 5.10 Å². The van der Waals surface area contributed by atoms with E-state index in [2.05, 4.69) is 20.1 Å². The molecule has 0 spiro atoms. The zero-order valence-corrected chi connectivity index (χ0v) is 19.8. The van der Waals surface area contributed by atoms with Gasteiger partial charge >= 0.3 is 6.03 Å². The van der Waals surface area contributed by atoms with Crippen LogP contribution in [0.4, 0.5) is 10.5 Å². The van der Waals surface area contributed by atoms with Crippen LogP contribution in [0.3, 0.4) is 0 Å². The molecule has 1 atom stereocenters. The molecule has 2 aromatic rings. The van der Waals surface area contributed by atoms with Crippen molar-refractivity contribution in [3.63, 3.8) is 0 Å². The van der Waals surface area contributed by atoms with Crippen molar-refractivity contribution in [1.82, 2.24) is 20.1 Å². The van der Waals surface area contributed by atoms with Crippen molar-refractivity contribution in [1.29, 1.82) is 0 Å². The van der Waals surface area contributed by atoms with Crippen molar-refractivity contribution in [3.8, 4) is 0 Å². The van der Waals surface area contributed by atoms with Gasteiger partial charge in [0.25, 0.3) is 0 Å². The lowest BCUT2D eigenvalue weighted by Crippen LogP contribution is -2.44. The fourth-order valence-corrected chi connectivity index (χ4v) is 5.51. The van der Waals surface area contributed by atoms with Crippen LogP contribution in [-0.4, -0.2) is 42.0 Å². The van der Waals surface area contributed by atoms with Gasteiger partial charge in [0.2, 0.25) is 0 Å². The average Bonchev–Trinajstić information content (AvgIpc) is 3.23. The molecule has 2 aromatic heterocycles. The van der Waals surface area contributed by atoms with Gasteiger partial charge in [-0.1, -0.05) is 32.6 Å². The van der Waals surface area contributed by atoms with E-state index >= 15 is 0 Å². The second-order valence-corrected chi connectivity index (χ2v) is 10.9. The van der Waals surface area contributed by atoms with Crippen LogP contribution in [0.15, 0.2) is 29.6 Å². The standard InChI is InChI=1S/C23H33N5O3S/c1-3-8-19(17-12-13-24-22(15-17)32(2,30)31)26-23(29)27-14-7-11-20-21(27)16-25-28(20)18-9-5-4-6-10-18/h12-13,15-16,18-19H,3-11,14H2,1-2H3,(H,26,29). The summed E-state index contributed by atoms with van der Waals surface area (Å²) in [7, 11) is -3.42. The SMILES string of the molecule is CCCC(NC(=O)N1CCCc2c1cnn2C1CCCCC1)c1ccnc(S(C)(=O)=O)c1. The fraction of sp³-hybridized carbons (Fsp3) is 0.609. The Hall–Kier alpha value is -2.42. The summed E-state index contributed by atoms with van der Waals surface area (Å²) in [5, 5.41) is 7.85. The lowest BCUT2D eigenvalue weighted by molar-refractivity contribution is 0.241. The molecular weight excluding hydrogens is 426 g/mol. The van der Waals surface area contributed by atoms with Crippen molar-refractivity contribution in [2.24, 2.45) is 0 Å². The zero-order valence-electron chi connectivity index (χ0n) is 19.0. The van der Waals surface area contributed by atoms with E-state index in [4.69, 9.17) is 0 Å². The predicted octanol–water partition coefficient (Wildman–Crippen LogP) is 4.19. The maximum atomic E-state index is 13.3.